The van der Waals surface area contributed by atoms with Crippen LogP contribution in [0.2, 0.25) is 0 Å². The van der Waals surface area contributed by atoms with E-state index in [1.165, 1.54) is 18.2 Å². The number of nitrogen functional groups attached to an aromatic ring is 1. The van der Waals surface area contributed by atoms with E-state index in [-0.39, 0.29) is 18.9 Å². The fourth-order valence-corrected chi connectivity index (χ4v) is 1.76. The van der Waals surface area contributed by atoms with Crippen LogP contribution in [0.4, 0.5) is 11.4 Å². The number of nitro groups is 1. The molecule has 0 aliphatic carbocycles. The lowest BCUT2D eigenvalue weighted by molar-refractivity contribution is -0.384. The van der Waals surface area contributed by atoms with Crippen LogP contribution in [-0.2, 0) is 13.2 Å². The lowest BCUT2D eigenvalue weighted by Crippen LogP contribution is -2.03. The third-order valence-corrected chi connectivity index (χ3v) is 2.86. The molecule has 0 heterocycles. The van der Waals surface area contributed by atoms with Gasteiger partial charge in [-0.05, 0) is 12.1 Å². The van der Waals surface area contributed by atoms with Gasteiger partial charge in [-0.25, -0.2) is 0 Å². The maximum atomic E-state index is 10.7. The number of non-ortho nitro benzene ring substituents is 1. The van der Waals surface area contributed by atoms with Gasteiger partial charge in [0.2, 0.25) is 0 Å². The molecular weight excluding hydrogens is 260 g/mol. The van der Waals surface area contributed by atoms with Crippen LogP contribution in [0.1, 0.15) is 11.1 Å². The van der Waals surface area contributed by atoms with E-state index >= 15 is 0 Å². The zero-order valence-corrected chi connectivity index (χ0v) is 10.7. The highest BCUT2D eigenvalue weighted by molar-refractivity contribution is 5.52. The number of benzene rings is 2. The lowest BCUT2D eigenvalue weighted by atomic mass is 10.1. The normalized spacial score (nSPS) is 10.2. The topological polar surface area (TPSA) is 98.6 Å². The van der Waals surface area contributed by atoms with Gasteiger partial charge in [0.25, 0.3) is 5.69 Å². The standard InChI is InChI=1S/C14H14N2O4/c15-13-6-5-12(16(18)19)7-11(13)9-20-14-4-2-1-3-10(14)8-17/h1-7,17H,8-9,15H2. The van der Waals surface area contributed by atoms with Crippen LogP contribution in [0, 0.1) is 10.1 Å². The second kappa shape index (κ2) is 6.03. The van der Waals surface area contributed by atoms with Gasteiger partial charge >= 0.3 is 0 Å². The Kier molecular flexibility index (Phi) is 4.17. The molecule has 6 nitrogen and oxygen atoms in total. The average Bonchev–Trinajstić information content (AvgIpc) is 2.46. The second-order valence-electron chi connectivity index (χ2n) is 4.19. The summed E-state index contributed by atoms with van der Waals surface area (Å²) in [6, 6.07) is 11.3. The van der Waals surface area contributed by atoms with Crippen molar-refractivity contribution in [3.63, 3.8) is 0 Å². The second-order valence-corrected chi connectivity index (χ2v) is 4.19. The van der Waals surface area contributed by atoms with Crippen molar-refractivity contribution in [1.29, 1.82) is 0 Å². The van der Waals surface area contributed by atoms with E-state index in [1.807, 2.05) is 0 Å². The maximum absolute atomic E-state index is 10.7. The summed E-state index contributed by atoms with van der Waals surface area (Å²) < 4.78 is 5.57. The fraction of sp³-hybridized carbons (Fsp3) is 0.143. The fourth-order valence-electron chi connectivity index (χ4n) is 1.76. The number of nitrogens with two attached hydrogens (primary N) is 1. The molecule has 0 saturated carbocycles. The molecule has 2 aromatic rings. The molecule has 0 aromatic heterocycles. The van der Waals surface area contributed by atoms with Crippen molar-refractivity contribution in [3.8, 4) is 5.75 Å². The summed E-state index contributed by atoms with van der Waals surface area (Å²) in [6.45, 7) is -0.0366. The predicted molar refractivity (Wildman–Crippen MR) is 74.2 cm³/mol. The molecule has 3 N–H and O–H groups in total. The Morgan fingerprint density at radius 1 is 1.20 bits per heavy atom. The molecule has 0 amide bonds. The van der Waals surface area contributed by atoms with E-state index in [2.05, 4.69) is 0 Å². The molecule has 0 aliphatic rings. The molecule has 0 saturated heterocycles. The van der Waals surface area contributed by atoms with Gasteiger partial charge in [-0.15, -0.1) is 0 Å². The van der Waals surface area contributed by atoms with Crippen molar-refractivity contribution < 1.29 is 14.8 Å². The Morgan fingerprint density at radius 2 is 1.95 bits per heavy atom. The Morgan fingerprint density at radius 3 is 2.65 bits per heavy atom. The summed E-state index contributed by atoms with van der Waals surface area (Å²) in [5.74, 6) is 0.529. The van der Waals surface area contributed by atoms with Crippen LogP contribution < -0.4 is 10.5 Å². The van der Waals surface area contributed by atoms with Gasteiger partial charge < -0.3 is 15.6 Å². The number of rotatable bonds is 5. The molecule has 0 bridgehead atoms. The summed E-state index contributed by atoms with van der Waals surface area (Å²) in [5.41, 5.74) is 7.35. The third-order valence-electron chi connectivity index (χ3n) is 2.86. The minimum atomic E-state index is -0.482. The van der Waals surface area contributed by atoms with Gasteiger partial charge in [-0.3, -0.25) is 10.1 Å². The highest BCUT2D eigenvalue weighted by atomic mass is 16.6. The first-order chi connectivity index (χ1) is 9.61. The zero-order chi connectivity index (χ0) is 14.5. The molecule has 0 spiro atoms. The number of hydrogen-bond donors (Lipinski definition) is 2. The molecular formula is C14H14N2O4. The number of ether oxygens (including phenoxy) is 1. The minimum Gasteiger partial charge on any atom is -0.488 e. The van der Waals surface area contributed by atoms with Gasteiger partial charge in [0.15, 0.2) is 0 Å². The van der Waals surface area contributed by atoms with E-state index in [0.717, 1.165) is 0 Å². The predicted octanol–water partition coefficient (Wildman–Crippen LogP) is 2.25. The number of nitrogens with zero attached hydrogens (tertiary/aromatic N) is 1. The summed E-state index contributed by atoms with van der Waals surface area (Å²) in [6.07, 6.45) is 0. The zero-order valence-electron chi connectivity index (χ0n) is 10.7. The van der Waals surface area contributed by atoms with Gasteiger partial charge in [0.1, 0.15) is 12.4 Å². The van der Waals surface area contributed by atoms with E-state index in [9.17, 15) is 15.2 Å². The summed E-state index contributed by atoms with van der Waals surface area (Å²) in [4.78, 5) is 10.2. The first kappa shape index (κ1) is 13.8. The molecule has 0 atom stereocenters. The van der Waals surface area contributed by atoms with Crippen molar-refractivity contribution in [2.45, 2.75) is 13.2 Å². The SMILES string of the molecule is Nc1ccc([N+](=O)[O-])cc1COc1ccccc1CO. The molecule has 0 unspecified atom stereocenters. The molecule has 2 aromatic carbocycles. The smallest absolute Gasteiger partial charge is 0.269 e. The Balaban J connectivity index is 2.18. The van der Waals surface area contributed by atoms with Crippen molar-refractivity contribution >= 4 is 11.4 Å². The van der Waals surface area contributed by atoms with E-state index in [0.29, 0.717) is 22.6 Å². The van der Waals surface area contributed by atoms with Crippen LogP contribution in [0.15, 0.2) is 42.5 Å². The molecule has 6 heteroatoms. The molecule has 2 rings (SSSR count). The summed E-state index contributed by atoms with van der Waals surface area (Å²) in [5, 5.41) is 19.9. The van der Waals surface area contributed by atoms with Crippen molar-refractivity contribution in [2.75, 3.05) is 5.73 Å². The molecule has 0 fully saturated rings. The first-order valence-electron chi connectivity index (χ1n) is 5.96. The van der Waals surface area contributed by atoms with Crippen LogP contribution in [0.5, 0.6) is 5.75 Å². The quantitative estimate of drug-likeness (QED) is 0.495. The van der Waals surface area contributed by atoms with Crippen LogP contribution in [0.25, 0.3) is 0 Å². The van der Waals surface area contributed by atoms with Gasteiger partial charge in [0.05, 0.1) is 11.5 Å². The largest absolute Gasteiger partial charge is 0.488 e. The molecule has 20 heavy (non-hydrogen) atoms. The van der Waals surface area contributed by atoms with Crippen molar-refractivity contribution in [1.82, 2.24) is 0 Å². The number of anilines is 1. The number of aliphatic hydroxyl groups excluding tert-OH is 1. The summed E-state index contributed by atoms with van der Waals surface area (Å²) in [7, 11) is 0. The lowest BCUT2D eigenvalue weighted by Gasteiger charge is -2.11. The molecule has 0 radical (unpaired) electrons. The molecule has 104 valence electrons. The van der Waals surface area contributed by atoms with E-state index in [1.54, 1.807) is 24.3 Å². The minimum absolute atomic E-state index is 0.0340. The van der Waals surface area contributed by atoms with Gasteiger partial charge in [-0.2, -0.15) is 0 Å². The van der Waals surface area contributed by atoms with Gasteiger partial charge in [-0.1, -0.05) is 18.2 Å². The Labute approximate surface area is 115 Å². The van der Waals surface area contributed by atoms with Crippen molar-refractivity contribution in [3.05, 3.63) is 63.7 Å². The number of hydrogen-bond acceptors (Lipinski definition) is 5. The Hall–Kier alpha value is -2.60. The number of para-hydroxylation sites is 1. The average molecular weight is 274 g/mol. The highest BCUT2D eigenvalue weighted by Crippen LogP contribution is 2.23. The first-order valence-corrected chi connectivity index (χ1v) is 5.96. The summed E-state index contributed by atoms with van der Waals surface area (Å²) >= 11 is 0. The number of aliphatic hydroxyl groups is 1. The highest BCUT2D eigenvalue weighted by Gasteiger charge is 2.10. The van der Waals surface area contributed by atoms with Crippen LogP contribution in [-0.4, -0.2) is 10.0 Å². The monoisotopic (exact) mass is 274 g/mol. The third kappa shape index (κ3) is 3.04. The van der Waals surface area contributed by atoms with Crippen LogP contribution in [0.3, 0.4) is 0 Å². The molecule has 0 aliphatic heterocycles. The van der Waals surface area contributed by atoms with Crippen LogP contribution >= 0.6 is 0 Å². The Bertz CT molecular complexity index is 628. The number of nitro benzene ring substituents is 1. The van der Waals surface area contributed by atoms with E-state index < -0.39 is 4.92 Å². The maximum Gasteiger partial charge on any atom is 0.269 e. The van der Waals surface area contributed by atoms with Gasteiger partial charge in [0, 0.05) is 28.9 Å². The van der Waals surface area contributed by atoms with Crippen molar-refractivity contribution in [2.24, 2.45) is 0 Å². The van der Waals surface area contributed by atoms with E-state index in [4.69, 9.17) is 10.5 Å².